The van der Waals surface area contributed by atoms with Gasteiger partial charge in [0.2, 0.25) is 0 Å². The summed E-state index contributed by atoms with van der Waals surface area (Å²) in [5.74, 6) is 1.36. The summed E-state index contributed by atoms with van der Waals surface area (Å²) >= 11 is 7.10. The minimum atomic E-state index is -0.367. The van der Waals surface area contributed by atoms with Crippen LogP contribution in [0.15, 0.2) is 81.3 Å². The summed E-state index contributed by atoms with van der Waals surface area (Å²) in [6, 6.07) is 16.9. The molecule has 0 radical (unpaired) electrons. The molecular weight excluding hydrogens is 576 g/mol. The van der Waals surface area contributed by atoms with Crippen molar-refractivity contribution < 1.29 is 19.0 Å². The lowest BCUT2D eigenvalue weighted by Crippen LogP contribution is -2.17. The number of benzene rings is 3. The maximum atomic E-state index is 12.6. The first-order chi connectivity index (χ1) is 16.9. The van der Waals surface area contributed by atoms with E-state index < -0.39 is 0 Å². The van der Waals surface area contributed by atoms with Crippen molar-refractivity contribution in [3.05, 3.63) is 98.5 Å². The second kappa shape index (κ2) is 13.1. The Bertz CT molecular complexity index is 1190. The summed E-state index contributed by atoms with van der Waals surface area (Å²) in [6.07, 6.45) is 3.20. The Morgan fingerprint density at radius 3 is 2.37 bits per heavy atom. The van der Waals surface area contributed by atoms with Gasteiger partial charge in [-0.25, -0.2) is 5.43 Å². The van der Waals surface area contributed by atoms with Gasteiger partial charge in [-0.2, -0.15) is 5.10 Å². The highest BCUT2D eigenvalue weighted by Gasteiger charge is 2.12. The summed E-state index contributed by atoms with van der Waals surface area (Å²) in [5.41, 5.74) is 6.00. The Hall–Kier alpha value is -3.10. The van der Waals surface area contributed by atoms with E-state index in [9.17, 15) is 4.79 Å². The van der Waals surface area contributed by atoms with E-state index in [1.807, 2.05) is 31.2 Å². The van der Waals surface area contributed by atoms with Gasteiger partial charge in [-0.15, -0.1) is 0 Å². The molecule has 0 atom stereocenters. The number of carbonyl (C=O) groups is 1. The number of hydrazone groups is 1. The third-order valence-corrected chi connectivity index (χ3v) is 5.94. The number of nitrogens with one attached hydrogen (secondary N) is 1. The number of halogens is 2. The normalized spacial score (nSPS) is 10.7. The van der Waals surface area contributed by atoms with E-state index in [1.54, 1.807) is 30.5 Å². The Kier molecular flexibility index (Phi) is 9.93. The predicted molar refractivity (Wildman–Crippen MR) is 146 cm³/mol. The lowest BCUT2D eigenvalue weighted by Gasteiger charge is -2.12. The summed E-state index contributed by atoms with van der Waals surface area (Å²) in [4.78, 5) is 12.6. The minimum absolute atomic E-state index is 0.344. The lowest BCUT2D eigenvalue weighted by atomic mass is 10.2. The molecule has 3 aromatic rings. The van der Waals surface area contributed by atoms with Gasteiger partial charge in [0.25, 0.3) is 5.91 Å². The van der Waals surface area contributed by atoms with Crippen molar-refractivity contribution in [3.63, 3.8) is 0 Å². The fraction of sp³-hybridized carbons (Fsp3) is 0.185. The van der Waals surface area contributed by atoms with Crippen molar-refractivity contribution >= 4 is 44.0 Å². The summed E-state index contributed by atoms with van der Waals surface area (Å²) < 4.78 is 18.7. The number of hydrogen-bond donors (Lipinski definition) is 1. The van der Waals surface area contributed by atoms with Crippen molar-refractivity contribution in [1.82, 2.24) is 5.43 Å². The molecule has 0 aliphatic heterocycles. The number of carbonyl (C=O) groups excluding carboxylic acids is 1. The van der Waals surface area contributed by atoms with Gasteiger partial charge >= 0.3 is 0 Å². The lowest BCUT2D eigenvalue weighted by molar-refractivity contribution is 0.0954. The van der Waals surface area contributed by atoms with E-state index in [0.29, 0.717) is 42.6 Å². The average molecular weight is 602 g/mol. The molecule has 0 fully saturated rings. The van der Waals surface area contributed by atoms with Gasteiger partial charge in [0.1, 0.15) is 19.0 Å². The molecule has 0 saturated carbocycles. The van der Waals surface area contributed by atoms with Crippen LogP contribution in [0, 0.1) is 6.92 Å². The van der Waals surface area contributed by atoms with E-state index in [-0.39, 0.29) is 5.91 Å². The third-order valence-electron chi connectivity index (χ3n) is 4.77. The van der Waals surface area contributed by atoms with Crippen molar-refractivity contribution in [2.24, 2.45) is 5.10 Å². The van der Waals surface area contributed by atoms with Crippen LogP contribution in [0.2, 0.25) is 0 Å². The second-order valence-electron chi connectivity index (χ2n) is 7.48. The number of ether oxygens (including phenoxy) is 3. The largest absolute Gasteiger partial charge is 0.490 e. The first-order valence-corrected chi connectivity index (χ1v) is 12.5. The number of aryl methyl sites for hydroxylation is 1. The zero-order valence-electron chi connectivity index (χ0n) is 19.5. The van der Waals surface area contributed by atoms with Crippen LogP contribution in [0.3, 0.4) is 0 Å². The molecule has 8 heteroatoms. The van der Waals surface area contributed by atoms with Gasteiger partial charge < -0.3 is 14.2 Å². The van der Waals surface area contributed by atoms with Gasteiger partial charge in [0.15, 0.2) is 11.5 Å². The van der Waals surface area contributed by atoms with Crippen molar-refractivity contribution in [2.75, 3.05) is 13.2 Å². The van der Waals surface area contributed by atoms with Gasteiger partial charge in [0, 0.05) is 5.56 Å². The summed E-state index contributed by atoms with van der Waals surface area (Å²) in [6.45, 7) is 8.79. The quantitative estimate of drug-likeness (QED) is 0.149. The maximum Gasteiger partial charge on any atom is 0.271 e. The smallest absolute Gasteiger partial charge is 0.271 e. The zero-order chi connectivity index (χ0) is 25.2. The summed E-state index contributed by atoms with van der Waals surface area (Å²) in [5, 5.41) is 4.09. The van der Waals surface area contributed by atoms with Gasteiger partial charge in [-0.1, -0.05) is 42.5 Å². The predicted octanol–water partition coefficient (Wildman–Crippen LogP) is 6.83. The Balaban J connectivity index is 1.64. The Labute approximate surface area is 222 Å². The zero-order valence-corrected chi connectivity index (χ0v) is 22.7. The van der Waals surface area contributed by atoms with Crippen molar-refractivity contribution in [3.8, 4) is 17.2 Å². The molecule has 182 valence electrons. The number of amides is 1. The molecule has 6 nitrogen and oxygen atoms in total. The molecule has 1 N–H and O–H groups in total. The van der Waals surface area contributed by atoms with Gasteiger partial charge in [-0.3, -0.25) is 4.79 Å². The highest BCUT2D eigenvalue weighted by molar-refractivity contribution is 9.11. The first kappa shape index (κ1) is 26.5. The first-order valence-electron chi connectivity index (χ1n) is 10.9. The third kappa shape index (κ3) is 7.70. The standard InChI is InChI=1S/C27H26Br2N2O4/c1-4-12-34-24-11-10-21(15-25(24)33-5-2)27(32)31-30-16-20-13-22(28)26(23(29)14-20)35-17-19-8-6-18(3)7-9-19/h4,6-11,13-16H,1,5,12,17H2,2-3H3,(H,31,32)/b30-16+. The van der Waals surface area contributed by atoms with Crippen LogP contribution in [0.5, 0.6) is 17.2 Å². The number of hydrogen-bond acceptors (Lipinski definition) is 5. The van der Waals surface area contributed by atoms with E-state index >= 15 is 0 Å². The van der Waals surface area contributed by atoms with E-state index in [0.717, 1.165) is 20.1 Å². The minimum Gasteiger partial charge on any atom is -0.490 e. The van der Waals surface area contributed by atoms with E-state index in [2.05, 4.69) is 68.0 Å². The van der Waals surface area contributed by atoms with Crippen LogP contribution in [-0.2, 0) is 6.61 Å². The Morgan fingerprint density at radius 1 is 1.00 bits per heavy atom. The summed E-state index contributed by atoms with van der Waals surface area (Å²) in [7, 11) is 0. The molecule has 0 spiro atoms. The average Bonchev–Trinajstić information content (AvgIpc) is 2.84. The molecule has 0 heterocycles. The van der Waals surface area contributed by atoms with Gasteiger partial charge in [0.05, 0.1) is 21.8 Å². The van der Waals surface area contributed by atoms with Crippen LogP contribution in [0.4, 0.5) is 0 Å². The highest BCUT2D eigenvalue weighted by atomic mass is 79.9. The molecule has 0 bridgehead atoms. The van der Waals surface area contributed by atoms with E-state index in [1.165, 1.54) is 5.56 Å². The fourth-order valence-corrected chi connectivity index (χ4v) is 4.50. The molecule has 1 amide bonds. The Morgan fingerprint density at radius 2 is 1.71 bits per heavy atom. The topological polar surface area (TPSA) is 69.2 Å². The highest BCUT2D eigenvalue weighted by Crippen LogP contribution is 2.35. The van der Waals surface area contributed by atoms with Gasteiger partial charge in [-0.05, 0) is 87.2 Å². The monoisotopic (exact) mass is 600 g/mol. The molecule has 3 aromatic carbocycles. The molecule has 0 saturated heterocycles. The second-order valence-corrected chi connectivity index (χ2v) is 9.19. The SMILES string of the molecule is C=CCOc1ccc(C(=O)N/N=C/c2cc(Br)c(OCc3ccc(C)cc3)c(Br)c2)cc1OCC. The molecule has 3 rings (SSSR count). The van der Waals surface area contributed by atoms with Crippen molar-refractivity contribution in [2.45, 2.75) is 20.5 Å². The van der Waals surface area contributed by atoms with Crippen LogP contribution in [-0.4, -0.2) is 25.3 Å². The molecule has 0 aliphatic carbocycles. The number of nitrogens with zero attached hydrogens (tertiary/aromatic N) is 1. The van der Waals surface area contributed by atoms with Crippen LogP contribution >= 0.6 is 31.9 Å². The van der Waals surface area contributed by atoms with Crippen LogP contribution in [0.25, 0.3) is 0 Å². The molecule has 35 heavy (non-hydrogen) atoms. The fourth-order valence-electron chi connectivity index (χ4n) is 3.05. The number of rotatable bonds is 11. The van der Waals surface area contributed by atoms with Crippen LogP contribution < -0.4 is 19.6 Å². The van der Waals surface area contributed by atoms with Crippen LogP contribution in [0.1, 0.15) is 34.0 Å². The molecule has 0 aliphatic rings. The maximum absolute atomic E-state index is 12.6. The molecule has 0 aromatic heterocycles. The van der Waals surface area contributed by atoms with E-state index in [4.69, 9.17) is 14.2 Å². The van der Waals surface area contributed by atoms with Crippen molar-refractivity contribution in [1.29, 1.82) is 0 Å². The molecular formula is C27H26Br2N2O4. The molecule has 0 unspecified atom stereocenters.